The molecule has 6 heteroatoms. The summed E-state index contributed by atoms with van der Waals surface area (Å²) in [6.07, 6.45) is -3.55. The van der Waals surface area contributed by atoms with Crippen molar-refractivity contribution < 1.29 is 12.0 Å². The summed E-state index contributed by atoms with van der Waals surface area (Å²) in [6, 6.07) is 2.92. The molecule has 1 aromatic rings. The summed E-state index contributed by atoms with van der Waals surface area (Å²) in [5.41, 5.74) is 4.82. The molecule has 0 fully saturated rings. The van der Waals surface area contributed by atoms with Crippen LogP contribution in [0.5, 0.6) is 0 Å². The summed E-state index contributed by atoms with van der Waals surface area (Å²) < 4.78 is 37.6. The molecule has 1 aromatic carbocycles. The molecule has 0 saturated carbocycles. The summed E-state index contributed by atoms with van der Waals surface area (Å²) in [4.78, 5) is 0. The lowest BCUT2D eigenvalue weighted by Gasteiger charge is -2.26. The van der Waals surface area contributed by atoms with E-state index in [-0.39, 0.29) is 34.7 Å². The van der Waals surface area contributed by atoms with Crippen LogP contribution in [0.3, 0.4) is 0 Å². The number of aliphatic hydroxyl groups excluding tert-OH is 1. The number of β-amino-alcohol motifs (C(OH)–C–C–N with tert-alkyl or cyclic N) is 1. The third-order valence-corrected chi connectivity index (χ3v) is 3.16. The Morgan fingerprint density at radius 3 is 2.47 bits per heavy atom. The van der Waals surface area contributed by atoms with E-state index in [1.807, 2.05) is 0 Å². The number of nitrogen functional groups attached to an aromatic ring is 1. The molecule has 1 atom stereocenters. The molecule has 0 spiro atoms. The second-order valence-corrected chi connectivity index (χ2v) is 5.36. The Bertz CT molecular complexity index is 558. The molecule has 110 valence electrons. The van der Waals surface area contributed by atoms with Gasteiger partial charge in [0.15, 0.2) is 0 Å². The van der Waals surface area contributed by atoms with Crippen molar-refractivity contribution in [1.29, 1.82) is 0 Å². The van der Waals surface area contributed by atoms with Crippen LogP contribution in [0.2, 0.25) is 10.0 Å². The van der Waals surface area contributed by atoms with E-state index in [0.717, 1.165) is 0 Å². The van der Waals surface area contributed by atoms with Crippen molar-refractivity contribution in [3.63, 3.8) is 0 Å². The summed E-state index contributed by atoms with van der Waals surface area (Å²) in [5.74, 6) is 0. The number of hydrogen-bond acceptors (Lipinski definition) is 3. The van der Waals surface area contributed by atoms with Crippen molar-refractivity contribution in [3.8, 4) is 0 Å². The van der Waals surface area contributed by atoms with E-state index in [1.54, 1.807) is 0 Å². The van der Waals surface area contributed by atoms with Gasteiger partial charge >= 0.3 is 0 Å². The highest BCUT2D eigenvalue weighted by Gasteiger charge is 2.18. The fourth-order valence-electron chi connectivity index (χ4n) is 1.31. The van der Waals surface area contributed by atoms with Gasteiger partial charge in [-0.2, -0.15) is 0 Å². The Balaban J connectivity index is 0.00000529. The molecule has 4 N–H and O–H groups in total. The Morgan fingerprint density at radius 2 is 2.00 bits per heavy atom. The van der Waals surface area contributed by atoms with Crippen LogP contribution < -0.4 is 11.1 Å². The van der Waals surface area contributed by atoms with Gasteiger partial charge in [0.2, 0.25) is 0 Å². The predicted molar refractivity (Wildman–Crippen MR) is 85.5 cm³/mol. The van der Waals surface area contributed by atoms with Crippen molar-refractivity contribution in [2.75, 3.05) is 12.3 Å². The van der Waals surface area contributed by atoms with E-state index in [2.05, 4.69) is 5.32 Å². The number of nitrogens with one attached hydrogen (secondary N) is 1. The van der Waals surface area contributed by atoms with E-state index in [0.29, 0.717) is 5.56 Å². The molecule has 0 amide bonds. The zero-order valence-electron chi connectivity index (χ0n) is 15.6. The molecular weight excluding hydrogens is 307 g/mol. The second-order valence-electron chi connectivity index (χ2n) is 4.54. The molecule has 0 saturated heterocycles. The average molecular weight is 333 g/mol. The third-order valence-electron chi connectivity index (χ3n) is 2.54. The number of anilines is 1. The third kappa shape index (κ3) is 5.36. The largest absolute Gasteiger partial charge is 0.396 e. The summed E-state index contributed by atoms with van der Waals surface area (Å²) >= 11 is 11.8. The zero-order chi connectivity index (χ0) is 18.2. The lowest BCUT2D eigenvalue weighted by atomic mass is 10.0. The first-order valence-corrected chi connectivity index (χ1v) is 6.14. The van der Waals surface area contributed by atoms with Crippen LogP contribution >= 0.6 is 35.6 Å². The van der Waals surface area contributed by atoms with Gasteiger partial charge in [-0.05, 0) is 37.9 Å². The van der Waals surface area contributed by atoms with Crippen LogP contribution in [0.4, 0.5) is 5.69 Å². The summed E-state index contributed by atoms with van der Waals surface area (Å²) in [7, 11) is 0. The van der Waals surface area contributed by atoms with Crippen LogP contribution in [0, 0.1) is 0 Å². The van der Waals surface area contributed by atoms with E-state index in [4.69, 9.17) is 35.8 Å². The van der Waals surface area contributed by atoms with Crippen LogP contribution in [0.15, 0.2) is 12.1 Å². The Kier molecular flexibility index (Phi) is 4.56. The monoisotopic (exact) mass is 331 g/mol. The first-order chi connectivity index (χ1) is 10.2. The maximum absolute atomic E-state index is 10.2. The molecule has 0 aliphatic heterocycles. The molecule has 3 nitrogen and oxygen atoms in total. The van der Waals surface area contributed by atoms with Crippen molar-refractivity contribution in [2.24, 2.45) is 0 Å². The molecule has 0 heterocycles. The van der Waals surface area contributed by atoms with Gasteiger partial charge in [-0.1, -0.05) is 30.1 Å². The van der Waals surface area contributed by atoms with Crippen LogP contribution in [-0.4, -0.2) is 17.2 Å². The number of aliphatic hydroxyl groups is 1. The predicted octanol–water partition coefficient (Wildman–Crippen LogP) is 3.81. The van der Waals surface area contributed by atoms with Gasteiger partial charge < -0.3 is 16.2 Å². The van der Waals surface area contributed by atoms with Crippen molar-refractivity contribution >= 4 is 41.3 Å². The Hall–Kier alpha value is -0.190. The quantitative estimate of drug-likeness (QED) is 0.719. The van der Waals surface area contributed by atoms with Gasteiger partial charge in [0, 0.05) is 18.9 Å². The van der Waals surface area contributed by atoms with E-state index in [1.165, 1.54) is 26.0 Å². The number of halogens is 3. The van der Waals surface area contributed by atoms with Crippen LogP contribution in [0.1, 0.15) is 45.6 Å². The minimum absolute atomic E-state index is 0. The maximum Gasteiger partial charge on any atom is 0.0915 e. The maximum atomic E-state index is 10.2. The SMILES string of the molecule is Cl.[2H]C([2H])([2H])C([2H])([2H])C(C)(C)NCC(O)c1cc(Cl)c(N)c(Cl)c1. The van der Waals surface area contributed by atoms with Crippen molar-refractivity contribution in [1.82, 2.24) is 5.32 Å². The molecule has 0 aliphatic carbocycles. The summed E-state index contributed by atoms with van der Waals surface area (Å²) in [6.45, 7) is -0.0362. The Labute approximate surface area is 137 Å². The van der Waals surface area contributed by atoms with E-state index < -0.39 is 24.9 Å². The number of benzene rings is 1. The Morgan fingerprint density at radius 1 is 1.47 bits per heavy atom. The lowest BCUT2D eigenvalue weighted by molar-refractivity contribution is 0.160. The van der Waals surface area contributed by atoms with Gasteiger partial charge in [0.05, 0.1) is 21.8 Å². The number of nitrogens with two attached hydrogens (primary N) is 1. The normalized spacial score (nSPS) is 18.3. The van der Waals surface area contributed by atoms with Crippen LogP contribution in [0.25, 0.3) is 0 Å². The average Bonchev–Trinajstić information content (AvgIpc) is 2.40. The minimum Gasteiger partial charge on any atom is -0.396 e. The highest BCUT2D eigenvalue weighted by atomic mass is 35.5. The molecule has 1 unspecified atom stereocenters. The molecule has 0 radical (unpaired) electrons. The summed E-state index contributed by atoms with van der Waals surface area (Å²) in [5, 5.41) is 13.4. The molecular formula is C13H21Cl3N2O. The highest BCUT2D eigenvalue weighted by Crippen LogP contribution is 2.31. The number of rotatable bonds is 5. The van der Waals surface area contributed by atoms with E-state index >= 15 is 0 Å². The first-order valence-electron chi connectivity index (χ1n) is 7.88. The van der Waals surface area contributed by atoms with E-state index in [9.17, 15) is 5.11 Å². The fourth-order valence-corrected chi connectivity index (χ4v) is 1.81. The lowest BCUT2D eigenvalue weighted by Crippen LogP contribution is -2.40. The van der Waals surface area contributed by atoms with Gasteiger partial charge in [-0.15, -0.1) is 12.4 Å². The zero-order valence-corrected chi connectivity index (χ0v) is 13.0. The van der Waals surface area contributed by atoms with Gasteiger partial charge in [-0.25, -0.2) is 0 Å². The van der Waals surface area contributed by atoms with Crippen molar-refractivity contribution in [3.05, 3.63) is 27.7 Å². The molecule has 0 aromatic heterocycles. The van der Waals surface area contributed by atoms with Gasteiger partial charge in [0.25, 0.3) is 0 Å². The van der Waals surface area contributed by atoms with Gasteiger partial charge in [0.1, 0.15) is 0 Å². The molecule has 0 bridgehead atoms. The minimum atomic E-state index is -2.80. The molecule has 19 heavy (non-hydrogen) atoms. The fraction of sp³-hybridized carbons (Fsp3) is 0.538. The molecule has 1 rings (SSSR count). The second kappa shape index (κ2) is 7.55. The first kappa shape index (κ1) is 11.5. The standard InChI is InChI=1S/C13H20Cl2N2O.ClH/c1-4-13(2,3)17-7-11(18)8-5-9(14)12(16)10(15)6-8;/h5-6,11,17-18H,4,7,16H2,1-3H3;1H/i1D3,4D2;. The van der Waals surface area contributed by atoms with Crippen molar-refractivity contribution in [2.45, 2.75) is 38.7 Å². The number of hydrogen-bond donors (Lipinski definition) is 3. The highest BCUT2D eigenvalue weighted by molar-refractivity contribution is 6.38. The van der Waals surface area contributed by atoms with Gasteiger partial charge in [-0.3, -0.25) is 0 Å². The topological polar surface area (TPSA) is 58.3 Å². The molecule has 0 aliphatic rings. The smallest absolute Gasteiger partial charge is 0.0915 e. The van der Waals surface area contributed by atoms with Crippen LogP contribution in [-0.2, 0) is 0 Å².